The SMILES string of the molecule is CC(C)(C)[N-]CCN1C=CN(C(C)(C)C)[CH-]1.CC1N(CC[N-]C(C)(C)C)C=CN1C(C)(C)C.[O]=[U]=[O]. The van der Waals surface area contributed by atoms with Gasteiger partial charge in [-0.05, 0) is 67.4 Å². The van der Waals surface area contributed by atoms with Gasteiger partial charge >= 0.3 is 32.3 Å². The Hall–Kier alpha value is -0.748. The maximum atomic E-state index is 8.58. The minimum atomic E-state index is -2.51. The molecular formula is C27H53N6O2U-3. The zero-order valence-electron chi connectivity index (χ0n) is 25.3. The number of rotatable bonds is 6. The van der Waals surface area contributed by atoms with Crippen molar-refractivity contribution in [1.29, 1.82) is 0 Å². The Morgan fingerprint density at radius 3 is 1.56 bits per heavy atom. The third-order valence-electron chi connectivity index (χ3n) is 5.43. The number of hydrogen-bond donors (Lipinski definition) is 0. The summed E-state index contributed by atoms with van der Waals surface area (Å²) in [7, 11) is 0. The Morgan fingerprint density at radius 1 is 0.722 bits per heavy atom. The van der Waals surface area contributed by atoms with Crippen molar-refractivity contribution in [2.45, 2.75) is 118 Å². The summed E-state index contributed by atoms with van der Waals surface area (Å²) < 4.78 is 17.2. The van der Waals surface area contributed by atoms with Crippen molar-refractivity contribution in [3.63, 3.8) is 0 Å². The zero-order chi connectivity index (χ0) is 28.4. The van der Waals surface area contributed by atoms with E-state index in [4.69, 9.17) is 4.47 Å². The van der Waals surface area contributed by atoms with Crippen LogP contribution in [0.25, 0.3) is 10.6 Å². The molecule has 2 rings (SSSR count). The van der Waals surface area contributed by atoms with Crippen molar-refractivity contribution in [3.05, 3.63) is 42.1 Å². The van der Waals surface area contributed by atoms with Gasteiger partial charge in [-0.1, -0.05) is 41.5 Å². The summed E-state index contributed by atoms with van der Waals surface area (Å²) in [5.41, 5.74) is 0.502. The van der Waals surface area contributed by atoms with E-state index in [1.165, 1.54) is 0 Å². The minimum absolute atomic E-state index is 0.0765. The summed E-state index contributed by atoms with van der Waals surface area (Å²) in [5.74, 6) is 0. The fourth-order valence-corrected chi connectivity index (χ4v) is 3.54. The molecule has 0 N–H and O–H groups in total. The molecule has 9 heteroatoms. The molecule has 36 heavy (non-hydrogen) atoms. The molecule has 1 unspecified atom stereocenters. The molecule has 0 aliphatic carbocycles. The molecule has 210 valence electrons. The van der Waals surface area contributed by atoms with Gasteiger partial charge in [-0.15, -0.1) is 24.2 Å². The summed E-state index contributed by atoms with van der Waals surface area (Å²) in [6, 6.07) is 0. The van der Waals surface area contributed by atoms with E-state index in [1.807, 2.05) is 0 Å². The van der Waals surface area contributed by atoms with Gasteiger partial charge in [-0.3, -0.25) is 0 Å². The molecule has 0 aromatic rings. The van der Waals surface area contributed by atoms with Crippen LogP contribution in [-0.2, 0) is 4.47 Å². The van der Waals surface area contributed by atoms with Crippen molar-refractivity contribution in [2.75, 3.05) is 26.2 Å². The molecule has 0 spiro atoms. The molecule has 2 aliphatic rings. The number of hydrogen-bond acceptors (Lipinski definition) is 6. The third-order valence-corrected chi connectivity index (χ3v) is 5.43. The standard InChI is InChI=1S/C14H28N3.C13H25N3.2O.U/c1-12-16(9-8-15-13(2,3)4)10-11-17(12)14(5,6)7;1-12(2,3)14-7-8-15-9-10-16(11-15)13(4,5)6;;;/h10-12H,8-9H2,1-7H3;9-11H,7-8H2,1-6H3;;;/q-1;-2;;;. The van der Waals surface area contributed by atoms with Gasteiger partial charge in [0, 0.05) is 30.0 Å². The molecule has 0 aromatic heterocycles. The first-order chi connectivity index (χ1) is 16.2. The van der Waals surface area contributed by atoms with Crippen LogP contribution in [0.4, 0.5) is 0 Å². The molecule has 0 bridgehead atoms. The average molecular weight is 732 g/mol. The normalized spacial score (nSPS) is 18.1. The third kappa shape index (κ3) is 15.5. The van der Waals surface area contributed by atoms with E-state index < -0.39 is 27.8 Å². The van der Waals surface area contributed by atoms with Crippen LogP contribution in [0.3, 0.4) is 0 Å². The van der Waals surface area contributed by atoms with E-state index in [-0.39, 0.29) is 22.2 Å². The fourth-order valence-electron chi connectivity index (χ4n) is 3.54. The second-order valence-corrected chi connectivity index (χ2v) is 13.9. The quantitative estimate of drug-likeness (QED) is 0.298. The Kier molecular flexibility index (Phi) is 14.7. The van der Waals surface area contributed by atoms with Crippen LogP contribution in [0.1, 0.15) is 90.0 Å². The van der Waals surface area contributed by atoms with Gasteiger partial charge in [0.15, 0.2) is 0 Å². The maximum absolute atomic E-state index is 8.58. The first kappa shape index (κ1) is 35.3. The van der Waals surface area contributed by atoms with Crippen molar-refractivity contribution in [2.24, 2.45) is 0 Å². The van der Waals surface area contributed by atoms with Crippen molar-refractivity contribution in [1.82, 2.24) is 19.6 Å². The van der Waals surface area contributed by atoms with Crippen LogP contribution in [0.5, 0.6) is 0 Å². The van der Waals surface area contributed by atoms with Crippen LogP contribution in [-0.4, -0.2) is 74.1 Å². The van der Waals surface area contributed by atoms with Crippen molar-refractivity contribution >= 4 is 0 Å². The van der Waals surface area contributed by atoms with Crippen LogP contribution in [0.2, 0.25) is 0 Å². The van der Waals surface area contributed by atoms with Gasteiger partial charge in [0.1, 0.15) is 0 Å². The summed E-state index contributed by atoms with van der Waals surface area (Å²) in [4.78, 5) is 9.18. The fraction of sp³-hybridized carbons (Fsp3) is 0.815. The van der Waals surface area contributed by atoms with Crippen LogP contribution < -0.4 is 0 Å². The molecule has 8 nitrogen and oxygen atoms in total. The van der Waals surface area contributed by atoms with Gasteiger partial charge < -0.3 is 30.2 Å². The molecule has 0 saturated heterocycles. The van der Waals surface area contributed by atoms with E-state index >= 15 is 0 Å². The molecule has 0 aromatic carbocycles. The summed E-state index contributed by atoms with van der Waals surface area (Å²) in [6.07, 6.45) is 9.06. The topological polar surface area (TPSA) is 75.3 Å². The van der Waals surface area contributed by atoms with Gasteiger partial charge in [0.2, 0.25) is 0 Å². The molecule has 2 aliphatic heterocycles. The van der Waals surface area contributed by atoms with E-state index in [0.717, 1.165) is 26.2 Å². The van der Waals surface area contributed by atoms with Gasteiger partial charge in [0.05, 0.1) is 6.17 Å². The average Bonchev–Trinajstić information content (AvgIpc) is 3.28. The van der Waals surface area contributed by atoms with Crippen LogP contribution >= 0.6 is 0 Å². The van der Waals surface area contributed by atoms with Crippen molar-refractivity contribution < 1.29 is 32.3 Å². The van der Waals surface area contributed by atoms with E-state index in [1.54, 1.807) is 0 Å². The van der Waals surface area contributed by atoms with E-state index in [0.29, 0.717) is 6.17 Å². The van der Waals surface area contributed by atoms with E-state index in [2.05, 4.69) is 152 Å². The summed E-state index contributed by atoms with van der Waals surface area (Å²) in [6.45, 7) is 34.4. The molecule has 0 amide bonds. The first-order valence-electron chi connectivity index (χ1n) is 12.9. The first-order valence-corrected chi connectivity index (χ1v) is 16.3. The van der Waals surface area contributed by atoms with Gasteiger partial charge in [-0.2, -0.15) is 6.67 Å². The monoisotopic (exact) mass is 731 g/mol. The Balaban J connectivity index is 0.000000614. The Labute approximate surface area is 237 Å². The predicted octanol–water partition coefficient (Wildman–Crippen LogP) is 6.32. The second kappa shape index (κ2) is 15.0. The molecule has 0 fully saturated rings. The number of nitrogens with zero attached hydrogens (tertiary/aromatic N) is 6. The Morgan fingerprint density at radius 2 is 1.19 bits per heavy atom. The second-order valence-electron chi connectivity index (χ2n) is 13.2. The van der Waals surface area contributed by atoms with Gasteiger partial charge in [0.25, 0.3) is 0 Å². The van der Waals surface area contributed by atoms with E-state index in [9.17, 15) is 0 Å². The molecule has 0 saturated carbocycles. The van der Waals surface area contributed by atoms with Gasteiger partial charge in [-0.25, -0.2) is 0 Å². The molecule has 2 heterocycles. The predicted molar refractivity (Wildman–Crippen MR) is 146 cm³/mol. The summed E-state index contributed by atoms with van der Waals surface area (Å²) in [5, 5.41) is 9.24. The Bertz CT molecular complexity index is 723. The molecule has 0 radical (unpaired) electrons. The van der Waals surface area contributed by atoms with Crippen LogP contribution in [0.15, 0.2) is 24.8 Å². The van der Waals surface area contributed by atoms with Crippen LogP contribution in [0, 0.1) is 34.5 Å². The summed E-state index contributed by atoms with van der Waals surface area (Å²) >= 11 is -2.51. The molecule has 1 atom stereocenters. The van der Waals surface area contributed by atoms with Crippen molar-refractivity contribution in [3.8, 4) is 0 Å². The zero-order valence-corrected chi connectivity index (χ0v) is 29.5. The molecular weight excluding hydrogens is 678 g/mol.